The normalized spacial score (nSPS) is 19.7. The number of sulfonamides is 2. The Hall–Kier alpha value is -1.84. The number of aliphatic hydroxyl groups is 1. The Morgan fingerprint density at radius 2 is 1.65 bits per heavy atom. The van der Waals surface area contributed by atoms with Crippen LogP contribution in [0.3, 0.4) is 0 Å². The van der Waals surface area contributed by atoms with Crippen LogP contribution in [-0.4, -0.2) is 69.9 Å². The molecule has 8 nitrogen and oxygen atoms in total. The highest BCUT2D eigenvalue weighted by Gasteiger charge is 2.51. The Bertz CT molecular complexity index is 1320. The molecular weight excluding hydrogens is 551 g/mol. The number of hydrogen-bond acceptors (Lipinski definition) is 7. The van der Waals surface area contributed by atoms with Crippen molar-refractivity contribution < 1.29 is 35.1 Å². The van der Waals surface area contributed by atoms with E-state index in [-0.39, 0.29) is 41.5 Å². The molecule has 0 aromatic heterocycles. The minimum atomic E-state index is -4.88. The average Bonchev–Trinajstić information content (AvgIpc) is 2.82. The summed E-state index contributed by atoms with van der Waals surface area (Å²) >= 11 is 4.25. The van der Waals surface area contributed by atoms with Crippen LogP contribution < -0.4 is 9.62 Å². The molecule has 2 atom stereocenters. The van der Waals surface area contributed by atoms with Gasteiger partial charge in [-0.05, 0) is 50.6 Å². The number of thiol groups is 1. The molecule has 0 amide bonds. The van der Waals surface area contributed by atoms with Crippen LogP contribution in [0, 0.1) is 0 Å². The zero-order chi connectivity index (χ0) is 27.8. The number of alkyl halides is 3. The number of benzene rings is 2. The van der Waals surface area contributed by atoms with Crippen LogP contribution in [0.1, 0.15) is 26.3 Å². The molecule has 14 heteroatoms. The zero-order valence-corrected chi connectivity index (χ0v) is 23.0. The summed E-state index contributed by atoms with van der Waals surface area (Å²) in [4.78, 5) is 2.04. The van der Waals surface area contributed by atoms with E-state index in [1.165, 1.54) is 36.4 Å². The molecule has 37 heavy (non-hydrogen) atoms. The van der Waals surface area contributed by atoms with Crippen LogP contribution >= 0.6 is 12.6 Å². The van der Waals surface area contributed by atoms with Gasteiger partial charge in [-0.1, -0.05) is 24.3 Å². The van der Waals surface area contributed by atoms with Crippen molar-refractivity contribution in [3.63, 3.8) is 0 Å². The first-order valence-corrected chi connectivity index (χ1v) is 14.8. The number of anilines is 1. The summed E-state index contributed by atoms with van der Waals surface area (Å²) in [5.41, 5.74) is -2.94. The maximum atomic E-state index is 13.3. The zero-order valence-electron chi connectivity index (χ0n) is 20.5. The minimum Gasteiger partial charge on any atom is -0.376 e. The Morgan fingerprint density at radius 1 is 1.05 bits per heavy atom. The first-order valence-electron chi connectivity index (χ1n) is 11.4. The van der Waals surface area contributed by atoms with E-state index in [0.717, 1.165) is 12.1 Å². The molecule has 1 saturated heterocycles. The second kappa shape index (κ2) is 10.7. The van der Waals surface area contributed by atoms with Crippen molar-refractivity contribution in [2.45, 2.75) is 53.6 Å². The predicted molar refractivity (Wildman–Crippen MR) is 138 cm³/mol. The number of piperazine rings is 1. The smallest absolute Gasteiger partial charge is 0.376 e. The number of hydrogen-bond donors (Lipinski definition) is 3. The molecule has 2 N–H and O–H groups in total. The molecule has 1 heterocycles. The molecule has 3 rings (SSSR count). The van der Waals surface area contributed by atoms with Gasteiger partial charge in [0.25, 0.3) is 0 Å². The molecule has 2 aromatic carbocycles. The Balaban J connectivity index is 1.93. The number of rotatable bonds is 8. The van der Waals surface area contributed by atoms with Crippen molar-refractivity contribution in [1.82, 2.24) is 9.03 Å². The molecule has 1 fully saturated rings. The summed E-state index contributed by atoms with van der Waals surface area (Å²) in [7, 11) is -7.62. The van der Waals surface area contributed by atoms with Gasteiger partial charge in [-0.2, -0.15) is 17.5 Å². The second-order valence-electron chi connectivity index (χ2n) is 9.24. The number of halogens is 3. The van der Waals surface area contributed by atoms with Gasteiger partial charge in [0.15, 0.2) is 5.60 Å². The highest BCUT2D eigenvalue weighted by atomic mass is 32.2. The van der Waals surface area contributed by atoms with Crippen molar-refractivity contribution in [1.29, 1.82) is 0 Å². The number of nitrogens with one attached hydrogen (secondary N) is 1. The maximum Gasteiger partial charge on any atom is 0.421 e. The minimum absolute atomic E-state index is 0.0204. The number of nitrogens with zero attached hydrogens (tertiary/aromatic N) is 2. The molecule has 1 aliphatic rings. The highest BCUT2D eigenvalue weighted by Crippen LogP contribution is 2.39. The van der Waals surface area contributed by atoms with Gasteiger partial charge in [-0.25, -0.2) is 21.6 Å². The molecule has 206 valence electrons. The quantitative estimate of drug-likeness (QED) is 0.414. The summed E-state index contributed by atoms with van der Waals surface area (Å²) in [5, 5.41) is 9.24. The third kappa shape index (κ3) is 6.25. The van der Waals surface area contributed by atoms with Crippen molar-refractivity contribution in [3.8, 4) is 0 Å². The third-order valence-corrected chi connectivity index (χ3v) is 10.7. The molecule has 2 aromatic rings. The van der Waals surface area contributed by atoms with E-state index in [9.17, 15) is 35.1 Å². The van der Waals surface area contributed by atoms with Gasteiger partial charge in [-0.15, -0.1) is 12.6 Å². The first kappa shape index (κ1) is 29.7. The van der Waals surface area contributed by atoms with Crippen molar-refractivity contribution in [3.05, 3.63) is 54.1 Å². The summed E-state index contributed by atoms with van der Waals surface area (Å²) in [6, 6.07) is 10.6. The topological polar surface area (TPSA) is 107 Å². The fourth-order valence-electron chi connectivity index (χ4n) is 3.89. The van der Waals surface area contributed by atoms with E-state index in [1.54, 1.807) is 23.1 Å². The van der Waals surface area contributed by atoms with Crippen LogP contribution in [0.5, 0.6) is 0 Å². The lowest BCUT2D eigenvalue weighted by Crippen LogP contribution is -2.58. The van der Waals surface area contributed by atoms with Gasteiger partial charge in [0.1, 0.15) is 0 Å². The van der Waals surface area contributed by atoms with Gasteiger partial charge in [0, 0.05) is 36.8 Å². The third-order valence-electron chi connectivity index (χ3n) is 6.38. The fraction of sp³-hybridized carbons (Fsp3) is 0.478. The molecule has 1 unspecified atom stereocenters. The maximum absolute atomic E-state index is 13.3. The van der Waals surface area contributed by atoms with E-state index in [4.69, 9.17) is 0 Å². The lowest BCUT2D eigenvalue weighted by Gasteiger charge is -2.42. The van der Waals surface area contributed by atoms with Crippen molar-refractivity contribution >= 4 is 38.4 Å². The van der Waals surface area contributed by atoms with E-state index in [0.29, 0.717) is 12.6 Å². The van der Waals surface area contributed by atoms with Crippen LogP contribution in [0.4, 0.5) is 18.9 Å². The average molecular weight is 582 g/mol. The molecule has 1 aliphatic heterocycles. The summed E-state index contributed by atoms with van der Waals surface area (Å²) in [6.07, 6.45) is -4.88. The van der Waals surface area contributed by atoms with Gasteiger partial charge in [-0.3, -0.25) is 0 Å². The molecular formula is C23H30F3N3O5S3. The van der Waals surface area contributed by atoms with E-state index in [1.807, 2.05) is 0 Å². The molecule has 0 spiro atoms. The van der Waals surface area contributed by atoms with E-state index in [2.05, 4.69) is 17.4 Å². The van der Waals surface area contributed by atoms with Gasteiger partial charge < -0.3 is 10.0 Å². The Kier molecular flexibility index (Phi) is 8.62. The Labute approximate surface area is 221 Å². The van der Waals surface area contributed by atoms with Crippen LogP contribution in [-0.2, 0) is 25.6 Å². The molecule has 0 saturated carbocycles. The monoisotopic (exact) mass is 581 g/mol. The van der Waals surface area contributed by atoms with Crippen LogP contribution in [0.15, 0.2) is 58.3 Å². The van der Waals surface area contributed by atoms with Crippen LogP contribution in [0.25, 0.3) is 0 Å². The van der Waals surface area contributed by atoms with Gasteiger partial charge in [0.05, 0.1) is 16.2 Å². The molecule has 0 bridgehead atoms. The summed E-state index contributed by atoms with van der Waals surface area (Å²) in [5.74, 6) is 0. The van der Waals surface area contributed by atoms with Crippen LogP contribution in [0.2, 0.25) is 0 Å². The van der Waals surface area contributed by atoms with Gasteiger partial charge in [0.2, 0.25) is 20.0 Å². The second-order valence-corrected chi connectivity index (χ2v) is 13.9. The first-order chi connectivity index (χ1) is 17.0. The summed E-state index contributed by atoms with van der Waals surface area (Å²) < 4.78 is 95.0. The lowest BCUT2D eigenvalue weighted by atomic mass is 9.95. The Morgan fingerprint density at radius 3 is 2.19 bits per heavy atom. The summed E-state index contributed by atoms with van der Waals surface area (Å²) in [6.45, 7) is 3.68. The lowest BCUT2D eigenvalue weighted by molar-refractivity contribution is -0.258. The van der Waals surface area contributed by atoms with E-state index < -0.39 is 43.1 Å². The van der Waals surface area contributed by atoms with Crippen molar-refractivity contribution in [2.75, 3.05) is 31.1 Å². The van der Waals surface area contributed by atoms with Crippen molar-refractivity contribution in [2.24, 2.45) is 0 Å². The highest BCUT2D eigenvalue weighted by molar-refractivity contribution is 7.90. The largest absolute Gasteiger partial charge is 0.421 e. The fourth-order valence-corrected chi connectivity index (χ4v) is 6.71. The predicted octanol–water partition coefficient (Wildman–Crippen LogP) is 2.95. The standard InChI is InChI=1S/C23H30F3N3O5S3/c1-16(2)36(31,32)27-14-19-15-28(37(33,34)21-7-5-4-6-20(21)35)12-13-29(19)18-10-8-17(9-11-18)22(3,30)23(24,25)26/h4-11,16,19,27,30,35H,12-15H2,1-3H3/t19-,22?/m0/s1. The molecule has 0 aliphatic carbocycles. The van der Waals surface area contributed by atoms with E-state index >= 15 is 0 Å². The SMILES string of the molecule is CC(C)S(=O)(=O)NC[C@H]1CN(S(=O)(=O)c2ccccc2S)CCN1c1ccc(C(C)(O)C(F)(F)F)cc1. The van der Waals surface area contributed by atoms with Gasteiger partial charge >= 0.3 is 6.18 Å². The molecule has 0 radical (unpaired) electrons.